The summed E-state index contributed by atoms with van der Waals surface area (Å²) >= 11 is 4.90. The molecule has 1 aromatic carbocycles. The lowest BCUT2D eigenvalue weighted by atomic mass is 10.1. The second kappa shape index (κ2) is 3.45. The van der Waals surface area contributed by atoms with E-state index in [4.69, 9.17) is 17.6 Å². The molecule has 2 N–H and O–H groups in total. The van der Waals surface area contributed by atoms with Crippen molar-refractivity contribution in [2.75, 3.05) is 5.73 Å². The SMILES string of the molecule is Cc1cc(C(=O)OCl)ccc1N. The number of carbonyl (C=O) groups is 1. The fourth-order valence-corrected chi connectivity index (χ4v) is 0.936. The summed E-state index contributed by atoms with van der Waals surface area (Å²) in [4.78, 5) is 10.9. The molecule has 0 fully saturated rings. The highest BCUT2D eigenvalue weighted by Gasteiger charge is 2.06. The highest BCUT2D eigenvalue weighted by molar-refractivity contribution is 6.15. The van der Waals surface area contributed by atoms with Gasteiger partial charge in [0.15, 0.2) is 0 Å². The van der Waals surface area contributed by atoms with Crippen LogP contribution in [0.15, 0.2) is 18.2 Å². The number of benzene rings is 1. The van der Waals surface area contributed by atoms with Gasteiger partial charge in [-0.05, 0) is 30.7 Å². The molecule has 0 spiro atoms. The third-order valence-corrected chi connectivity index (χ3v) is 1.72. The number of nitrogen functional groups attached to an aromatic ring is 1. The summed E-state index contributed by atoms with van der Waals surface area (Å²) in [6.07, 6.45) is 0. The molecule has 64 valence electrons. The van der Waals surface area contributed by atoms with Crippen LogP contribution in [-0.2, 0) is 4.29 Å². The predicted octanol–water partition coefficient (Wildman–Crippen LogP) is 1.89. The van der Waals surface area contributed by atoms with Gasteiger partial charge in [0.2, 0.25) is 0 Å². The van der Waals surface area contributed by atoms with Crippen LogP contribution >= 0.6 is 11.9 Å². The van der Waals surface area contributed by atoms with Crippen molar-refractivity contribution in [3.63, 3.8) is 0 Å². The van der Waals surface area contributed by atoms with Crippen molar-refractivity contribution >= 4 is 23.5 Å². The Hall–Kier alpha value is -1.22. The molecule has 0 aliphatic carbocycles. The number of anilines is 1. The van der Waals surface area contributed by atoms with Crippen molar-refractivity contribution in [3.8, 4) is 0 Å². The summed E-state index contributed by atoms with van der Waals surface area (Å²) in [5.41, 5.74) is 7.41. The number of hydrogen-bond donors (Lipinski definition) is 1. The van der Waals surface area contributed by atoms with Crippen LogP contribution in [0.5, 0.6) is 0 Å². The van der Waals surface area contributed by atoms with Gasteiger partial charge in [0.25, 0.3) is 0 Å². The lowest BCUT2D eigenvalue weighted by Crippen LogP contribution is -1.99. The molecule has 0 bridgehead atoms. The number of halogens is 1. The van der Waals surface area contributed by atoms with E-state index in [9.17, 15) is 4.79 Å². The molecule has 0 unspecified atom stereocenters. The van der Waals surface area contributed by atoms with Crippen LogP contribution in [0.25, 0.3) is 0 Å². The Morgan fingerprint density at radius 1 is 1.58 bits per heavy atom. The molecule has 0 radical (unpaired) electrons. The molecule has 1 rings (SSSR count). The van der Waals surface area contributed by atoms with Gasteiger partial charge in [-0.1, -0.05) is 0 Å². The summed E-state index contributed by atoms with van der Waals surface area (Å²) in [7, 11) is 0. The highest BCUT2D eigenvalue weighted by Crippen LogP contribution is 2.13. The predicted molar refractivity (Wildman–Crippen MR) is 46.9 cm³/mol. The first-order valence-electron chi connectivity index (χ1n) is 3.34. The molecule has 1 aromatic rings. The summed E-state index contributed by atoms with van der Waals surface area (Å²) in [5, 5.41) is 0. The molecule has 0 aliphatic rings. The van der Waals surface area contributed by atoms with Crippen LogP contribution in [0, 0.1) is 6.92 Å². The summed E-state index contributed by atoms with van der Waals surface area (Å²) in [6, 6.07) is 4.82. The fraction of sp³-hybridized carbons (Fsp3) is 0.125. The molecular weight excluding hydrogens is 178 g/mol. The number of rotatable bonds is 1. The lowest BCUT2D eigenvalue weighted by Gasteiger charge is -2.01. The van der Waals surface area contributed by atoms with E-state index >= 15 is 0 Å². The van der Waals surface area contributed by atoms with Gasteiger partial charge in [0.1, 0.15) is 11.9 Å². The monoisotopic (exact) mass is 185 g/mol. The molecule has 0 saturated carbocycles. The van der Waals surface area contributed by atoms with Crippen LogP contribution in [0.3, 0.4) is 0 Å². The van der Waals surface area contributed by atoms with Crippen molar-refractivity contribution < 1.29 is 9.08 Å². The van der Waals surface area contributed by atoms with Gasteiger partial charge < -0.3 is 10.0 Å². The van der Waals surface area contributed by atoms with Crippen molar-refractivity contribution in [1.82, 2.24) is 0 Å². The van der Waals surface area contributed by atoms with Gasteiger partial charge in [-0.25, -0.2) is 4.79 Å². The molecule has 0 aromatic heterocycles. The number of carbonyl (C=O) groups excluding carboxylic acids is 1. The Labute approximate surface area is 75.3 Å². The molecule has 0 heterocycles. The molecule has 0 aliphatic heterocycles. The first-order chi connectivity index (χ1) is 5.65. The topological polar surface area (TPSA) is 52.3 Å². The minimum Gasteiger partial charge on any atom is -0.399 e. The van der Waals surface area contributed by atoms with Crippen molar-refractivity contribution in [2.24, 2.45) is 0 Å². The Bertz CT molecular complexity index is 312. The lowest BCUT2D eigenvalue weighted by molar-refractivity contribution is 0.0751. The minimum absolute atomic E-state index is 0.400. The standard InChI is InChI=1S/C8H8ClNO2/c1-5-4-6(8(11)12-9)2-3-7(5)10/h2-4H,10H2,1H3. The first kappa shape index (κ1) is 8.87. The van der Waals surface area contributed by atoms with Crippen LogP contribution < -0.4 is 5.73 Å². The average Bonchev–Trinajstić information content (AvgIpc) is 2.08. The third-order valence-electron chi connectivity index (χ3n) is 1.58. The number of nitrogens with two attached hydrogens (primary N) is 1. The Morgan fingerprint density at radius 3 is 2.75 bits per heavy atom. The van der Waals surface area contributed by atoms with E-state index < -0.39 is 5.97 Å². The maximum absolute atomic E-state index is 10.9. The maximum atomic E-state index is 10.9. The normalized spacial score (nSPS) is 9.50. The summed E-state index contributed by atoms with van der Waals surface area (Å²) in [6.45, 7) is 1.81. The second-order valence-corrected chi connectivity index (χ2v) is 2.59. The van der Waals surface area contributed by atoms with E-state index in [-0.39, 0.29) is 0 Å². The summed E-state index contributed by atoms with van der Waals surface area (Å²) in [5.74, 6) is -0.570. The van der Waals surface area contributed by atoms with Gasteiger partial charge in [-0.2, -0.15) is 0 Å². The largest absolute Gasteiger partial charge is 0.399 e. The van der Waals surface area contributed by atoms with Gasteiger partial charge in [0, 0.05) is 5.69 Å². The van der Waals surface area contributed by atoms with E-state index in [0.29, 0.717) is 11.3 Å². The number of aryl methyl sites for hydroxylation is 1. The van der Waals surface area contributed by atoms with Crippen LogP contribution in [0.2, 0.25) is 0 Å². The van der Waals surface area contributed by atoms with Crippen LogP contribution in [0.1, 0.15) is 15.9 Å². The summed E-state index contributed by atoms with van der Waals surface area (Å²) < 4.78 is 4.02. The zero-order valence-electron chi connectivity index (χ0n) is 6.50. The Balaban J connectivity index is 3.05. The molecular formula is C8H8ClNO2. The molecule has 0 amide bonds. The molecule has 3 nitrogen and oxygen atoms in total. The van der Waals surface area contributed by atoms with Gasteiger partial charge in [-0.15, -0.1) is 0 Å². The quantitative estimate of drug-likeness (QED) is 0.680. The van der Waals surface area contributed by atoms with Crippen molar-refractivity contribution in [3.05, 3.63) is 29.3 Å². The molecule has 12 heavy (non-hydrogen) atoms. The second-order valence-electron chi connectivity index (χ2n) is 2.44. The van der Waals surface area contributed by atoms with E-state index in [0.717, 1.165) is 5.56 Å². The van der Waals surface area contributed by atoms with E-state index in [1.807, 2.05) is 0 Å². The zero-order chi connectivity index (χ0) is 9.14. The van der Waals surface area contributed by atoms with Gasteiger partial charge >= 0.3 is 5.97 Å². The van der Waals surface area contributed by atoms with Crippen molar-refractivity contribution in [2.45, 2.75) is 6.92 Å². The smallest absolute Gasteiger partial charge is 0.356 e. The van der Waals surface area contributed by atoms with Crippen LogP contribution in [-0.4, -0.2) is 5.97 Å². The van der Waals surface area contributed by atoms with E-state index in [1.54, 1.807) is 25.1 Å². The molecule has 0 atom stereocenters. The highest BCUT2D eigenvalue weighted by atomic mass is 35.5. The van der Waals surface area contributed by atoms with E-state index in [1.165, 1.54) is 0 Å². The minimum atomic E-state index is -0.570. The average molecular weight is 186 g/mol. The van der Waals surface area contributed by atoms with Crippen molar-refractivity contribution in [1.29, 1.82) is 0 Å². The van der Waals surface area contributed by atoms with Crippen LogP contribution in [0.4, 0.5) is 5.69 Å². The zero-order valence-corrected chi connectivity index (χ0v) is 7.26. The van der Waals surface area contributed by atoms with Gasteiger partial charge in [0.05, 0.1) is 5.56 Å². The Kier molecular flexibility index (Phi) is 2.55. The van der Waals surface area contributed by atoms with Gasteiger partial charge in [-0.3, -0.25) is 0 Å². The maximum Gasteiger partial charge on any atom is 0.356 e. The first-order valence-corrected chi connectivity index (χ1v) is 3.65. The fourth-order valence-electron chi connectivity index (χ4n) is 0.847. The van der Waals surface area contributed by atoms with E-state index in [2.05, 4.69) is 4.29 Å². The number of hydrogen-bond acceptors (Lipinski definition) is 3. The molecule has 4 heteroatoms. The third kappa shape index (κ3) is 1.68. The Morgan fingerprint density at radius 2 is 2.25 bits per heavy atom. The molecule has 0 saturated heterocycles.